The van der Waals surface area contributed by atoms with E-state index in [1.54, 1.807) is 6.33 Å². The molecule has 0 saturated carbocycles. The highest BCUT2D eigenvalue weighted by molar-refractivity contribution is 7.16. The molecule has 2 aromatic heterocycles. The van der Waals surface area contributed by atoms with Crippen molar-refractivity contribution in [2.75, 3.05) is 0 Å². The van der Waals surface area contributed by atoms with Crippen molar-refractivity contribution in [2.24, 2.45) is 5.84 Å². The normalized spacial score (nSPS) is 12.8. The third-order valence-corrected chi connectivity index (χ3v) is 4.00. The van der Waals surface area contributed by atoms with Crippen molar-refractivity contribution in [3.05, 3.63) is 33.5 Å². The highest BCUT2D eigenvalue weighted by atomic mass is 35.5. The summed E-state index contributed by atoms with van der Waals surface area (Å²) in [4.78, 5) is 5.39. The Balaban J connectivity index is 2.12. The first kappa shape index (κ1) is 13.5. The van der Waals surface area contributed by atoms with Gasteiger partial charge in [-0.15, -0.1) is 11.3 Å². The van der Waals surface area contributed by atoms with Crippen molar-refractivity contribution in [3.63, 3.8) is 0 Å². The van der Waals surface area contributed by atoms with Crippen molar-refractivity contribution in [2.45, 2.75) is 32.4 Å². The van der Waals surface area contributed by atoms with Gasteiger partial charge in [-0.3, -0.25) is 16.0 Å². The third kappa shape index (κ3) is 3.08. The van der Waals surface area contributed by atoms with Crippen LogP contribution in [0.25, 0.3) is 0 Å². The zero-order valence-corrected chi connectivity index (χ0v) is 11.7. The first-order chi connectivity index (χ1) is 8.74. The number of thiophene rings is 1. The van der Waals surface area contributed by atoms with Gasteiger partial charge in [-0.05, 0) is 18.6 Å². The monoisotopic (exact) mass is 285 g/mol. The van der Waals surface area contributed by atoms with Gasteiger partial charge in [-0.2, -0.15) is 5.10 Å². The average molecular weight is 286 g/mol. The molecule has 0 fully saturated rings. The second-order valence-electron chi connectivity index (χ2n) is 3.96. The number of aryl methyl sites for hydroxylation is 1. The predicted molar refractivity (Wildman–Crippen MR) is 73.4 cm³/mol. The molecule has 0 radical (unpaired) electrons. The molecule has 3 N–H and O–H groups in total. The first-order valence-electron chi connectivity index (χ1n) is 5.82. The maximum atomic E-state index is 5.94. The maximum Gasteiger partial charge on any atom is 0.138 e. The molecule has 0 amide bonds. The number of aromatic nitrogens is 3. The van der Waals surface area contributed by atoms with Gasteiger partial charge in [0.25, 0.3) is 0 Å². The van der Waals surface area contributed by atoms with Crippen molar-refractivity contribution >= 4 is 22.9 Å². The molecule has 0 aliphatic heterocycles. The summed E-state index contributed by atoms with van der Waals surface area (Å²) >= 11 is 7.47. The van der Waals surface area contributed by atoms with Crippen LogP contribution >= 0.6 is 22.9 Å². The van der Waals surface area contributed by atoms with Gasteiger partial charge in [-0.1, -0.05) is 18.5 Å². The molecule has 0 aliphatic rings. The Bertz CT molecular complexity index is 495. The van der Waals surface area contributed by atoms with E-state index in [1.807, 2.05) is 16.8 Å². The average Bonchev–Trinajstić information content (AvgIpc) is 2.96. The SMILES string of the molecule is CCCn1ncnc1CC(NN)c1ccc(Cl)s1. The lowest BCUT2D eigenvalue weighted by atomic mass is 10.1. The van der Waals surface area contributed by atoms with Crippen LogP contribution in [0.15, 0.2) is 18.5 Å². The molecule has 7 heteroatoms. The number of hydrogen-bond donors (Lipinski definition) is 2. The van der Waals surface area contributed by atoms with Crippen molar-refractivity contribution < 1.29 is 0 Å². The second kappa shape index (κ2) is 6.29. The minimum atomic E-state index is 0.0160. The molecular formula is C11H16ClN5S. The van der Waals surface area contributed by atoms with E-state index in [0.717, 1.165) is 28.0 Å². The number of nitrogens with one attached hydrogen (secondary N) is 1. The number of nitrogens with zero attached hydrogens (tertiary/aromatic N) is 3. The lowest BCUT2D eigenvalue weighted by Crippen LogP contribution is -2.30. The van der Waals surface area contributed by atoms with Crippen LogP contribution in [0.1, 0.15) is 30.1 Å². The summed E-state index contributed by atoms with van der Waals surface area (Å²) in [6.07, 6.45) is 3.31. The maximum absolute atomic E-state index is 5.94. The Morgan fingerprint density at radius 1 is 1.56 bits per heavy atom. The summed E-state index contributed by atoms with van der Waals surface area (Å²) in [5.74, 6) is 6.55. The van der Waals surface area contributed by atoms with E-state index in [0.29, 0.717) is 6.42 Å². The Morgan fingerprint density at radius 2 is 2.39 bits per heavy atom. The third-order valence-electron chi connectivity index (χ3n) is 2.66. The second-order valence-corrected chi connectivity index (χ2v) is 5.71. The lowest BCUT2D eigenvalue weighted by Gasteiger charge is -2.14. The number of rotatable bonds is 6. The molecule has 98 valence electrons. The van der Waals surface area contributed by atoms with Crippen LogP contribution in [0.4, 0.5) is 0 Å². The molecule has 0 aromatic carbocycles. The lowest BCUT2D eigenvalue weighted by molar-refractivity contribution is 0.504. The summed E-state index contributed by atoms with van der Waals surface area (Å²) in [5, 5.41) is 4.21. The smallest absolute Gasteiger partial charge is 0.138 e. The topological polar surface area (TPSA) is 68.8 Å². The highest BCUT2D eigenvalue weighted by Crippen LogP contribution is 2.28. The van der Waals surface area contributed by atoms with Crippen LogP contribution in [0, 0.1) is 0 Å². The van der Waals surface area contributed by atoms with Gasteiger partial charge in [0, 0.05) is 17.8 Å². The van der Waals surface area contributed by atoms with Crippen LogP contribution in [0.2, 0.25) is 4.34 Å². The molecular weight excluding hydrogens is 270 g/mol. The largest absolute Gasteiger partial charge is 0.271 e. The van der Waals surface area contributed by atoms with Crippen LogP contribution in [-0.4, -0.2) is 14.8 Å². The molecule has 0 aliphatic carbocycles. The van der Waals surface area contributed by atoms with Gasteiger partial charge < -0.3 is 0 Å². The molecule has 2 heterocycles. The Hall–Kier alpha value is -0.950. The van der Waals surface area contributed by atoms with Crippen LogP contribution < -0.4 is 11.3 Å². The van der Waals surface area contributed by atoms with Crippen LogP contribution in [0.3, 0.4) is 0 Å². The number of halogens is 1. The molecule has 5 nitrogen and oxygen atoms in total. The number of hydrazine groups is 1. The van der Waals surface area contributed by atoms with Gasteiger partial charge >= 0.3 is 0 Å². The zero-order valence-electron chi connectivity index (χ0n) is 10.1. The molecule has 1 atom stereocenters. The van der Waals surface area contributed by atoms with Crippen molar-refractivity contribution in [3.8, 4) is 0 Å². The molecule has 2 aromatic rings. The van der Waals surface area contributed by atoms with Gasteiger partial charge in [0.2, 0.25) is 0 Å². The van der Waals surface area contributed by atoms with E-state index in [9.17, 15) is 0 Å². The van der Waals surface area contributed by atoms with E-state index >= 15 is 0 Å². The minimum Gasteiger partial charge on any atom is -0.271 e. The van der Waals surface area contributed by atoms with E-state index in [-0.39, 0.29) is 6.04 Å². The first-order valence-corrected chi connectivity index (χ1v) is 7.02. The zero-order chi connectivity index (χ0) is 13.0. The molecule has 0 spiro atoms. The Kier molecular flexibility index (Phi) is 4.71. The summed E-state index contributed by atoms with van der Waals surface area (Å²) < 4.78 is 2.68. The summed E-state index contributed by atoms with van der Waals surface area (Å²) in [6, 6.07) is 3.88. The summed E-state index contributed by atoms with van der Waals surface area (Å²) in [6.45, 7) is 2.99. The number of hydrogen-bond acceptors (Lipinski definition) is 5. The molecule has 1 unspecified atom stereocenters. The standard InChI is InChI=1S/C11H16ClN5S/c1-2-5-17-11(14-7-15-17)6-8(16-13)9-3-4-10(12)18-9/h3-4,7-8,16H,2,5-6,13H2,1H3. The van der Waals surface area contributed by atoms with E-state index in [1.165, 1.54) is 11.3 Å². The van der Waals surface area contributed by atoms with Crippen LogP contribution in [0.5, 0.6) is 0 Å². The van der Waals surface area contributed by atoms with Gasteiger partial charge in [-0.25, -0.2) is 4.98 Å². The van der Waals surface area contributed by atoms with E-state index < -0.39 is 0 Å². The summed E-state index contributed by atoms with van der Waals surface area (Å²) in [5.41, 5.74) is 2.81. The quantitative estimate of drug-likeness (QED) is 0.630. The Morgan fingerprint density at radius 3 is 3.00 bits per heavy atom. The molecule has 18 heavy (non-hydrogen) atoms. The van der Waals surface area contributed by atoms with Crippen LogP contribution in [-0.2, 0) is 13.0 Å². The van der Waals surface area contributed by atoms with Crippen molar-refractivity contribution in [1.29, 1.82) is 0 Å². The molecule has 2 rings (SSSR count). The minimum absolute atomic E-state index is 0.0160. The Labute approximate surface area is 115 Å². The van der Waals surface area contributed by atoms with Gasteiger partial charge in [0.05, 0.1) is 10.4 Å². The van der Waals surface area contributed by atoms with Gasteiger partial charge in [0.15, 0.2) is 0 Å². The fourth-order valence-electron chi connectivity index (χ4n) is 1.78. The number of nitrogens with two attached hydrogens (primary N) is 1. The van der Waals surface area contributed by atoms with E-state index in [4.69, 9.17) is 17.4 Å². The van der Waals surface area contributed by atoms with E-state index in [2.05, 4.69) is 22.4 Å². The fraction of sp³-hybridized carbons (Fsp3) is 0.455. The highest BCUT2D eigenvalue weighted by Gasteiger charge is 2.16. The summed E-state index contributed by atoms with van der Waals surface area (Å²) in [7, 11) is 0. The molecule has 0 bridgehead atoms. The fourth-order valence-corrected chi connectivity index (χ4v) is 2.91. The predicted octanol–water partition coefficient (Wildman–Crippen LogP) is 2.15. The molecule has 0 saturated heterocycles. The van der Waals surface area contributed by atoms with Crippen molar-refractivity contribution in [1.82, 2.24) is 20.2 Å². The van der Waals surface area contributed by atoms with Gasteiger partial charge in [0.1, 0.15) is 12.2 Å².